The van der Waals surface area contributed by atoms with Crippen molar-refractivity contribution in [1.29, 1.82) is 0 Å². The molecule has 0 aromatic heterocycles. The van der Waals surface area contributed by atoms with E-state index in [4.69, 9.17) is 9.84 Å². The second-order valence-electron chi connectivity index (χ2n) is 4.42. The molecule has 0 aliphatic rings. The molecule has 102 valence electrons. The number of aliphatic hydroxyl groups excluding tert-OH is 1. The Labute approximate surface area is 120 Å². The van der Waals surface area contributed by atoms with Gasteiger partial charge in [-0.2, -0.15) is 0 Å². The predicted octanol–water partition coefficient (Wildman–Crippen LogP) is 3.39. The molecule has 0 spiro atoms. The average molecular weight is 266 g/mol. The van der Waals surface area contributed by atoms with E-state index in [0.29, 0.717) is 6.61 Å². The van der Waals surface area contributed by atoms with E-state index in [1.54, 1.807) is 0 Å². The Morgan fingerprint density at radius 2 is 1.70 bits per heavy atom. The number of aliphatic hydroxyl groups is 1. The fraction of sp³-hybridized carbons (Fsp3) is 0.222. The second kappa shape index (κ2) is 8.04. The van der Waals surface area contributed by atoms with Gasteiger partial charge in [-0.05, 0) is 36.2 Å². The summed E-state index contributed by atoms with van der Waals surface area (Å²) in [6.07, 6.45) is 1.73. The van der Waals surface area contributed by atoms with Crippen LogP contribution < -0.4 is 4.74 Å². The first-order valence-electron chi connectivity index (χ1n) is 6.75. The third-order valence-corrected chi connectivity index (χ3v) is 2.83. The topological polar surface area (TPSA) is 29.5 Å². The molecule has 0 fully saturated rings. The van der Waals surface area contributed by atoms with E-state index in [-0.39, 0.29) is 6.61 Å². The van der Waals surface area contributed by atoms with Crippen LogP contribution in [0.5, 0.6) is 5.75 Å². The van der Waals surface area contributed by atoms with Gasteiger partial charge in [-0.1, -0.05) is 42.2 Å². The van der Waals surface area contributed by atoms with E-state index < -0.39 is 0 Å². The molecular weight excluding hydrogens is 248 g/mol. The Morgan fingerprint density at radius 3 is 2.40 bits per heavy atom. The molecular formula is C18H18O2. The zero-order valence-corrected chi connectivity index (χ0v) is 11.4. The van der Waals surface area contributed by atoms with Gasteiger partial charge in [0.2, 0.25) is 0 Å². The molecule has 2 heteroatoms. The number of hydrogen-bond donors (Lipinski definition) is 1. The van der Waals surface area contributed by atoms with Crippen LogP contribution >= 0.6 is 0 Å². The molecule has 0 amide bonds. The highest BCUT2D eigenvalue weighted by molar-refractivity contribution is 5.35. The van der Waals surface area contributed by atoms with Crippen molar-refractivity contribution in [2.45, 2.75) is 19.4 Å². The van der Waals surface area contributed by atoms with E-state index in [2.05, 4.69) is 11.8 Å². The molecule has 0 aliphatic heterocycles. The maximum Gasteiger partial charge on any atom is 0.119 e. The summed E-state index contributed by atoms with van der Waals surface area (Å²) in [6, 6.07) is 17.4. The van der Waals surface area contributed by atoms with Gasteiger partial charge in [0, 0.05) is 12.0 Å². The molecule has 0 heterocycles. The fourth-order valence-electron chi connectivity index (χ4n) is 1.73. The third-order valence-electron chi connectivity index (χ3n) is 2.83. The van der Waals surface area contributed by atoms with Crippen molar-refractivity contribution >= 4 is 0 Å². The molecule has 0 unspecified atom stereocenters. The third kappa shape index (κ3) is 4.79. The van der Waals surface area contributed by atoms with Gasteiger partial charge in [-0.15, -0.1) is 0 Å². The van der Waals surface area contributed by atoms with Crippen molar-refractivity contribution in [3.8, 4) is 17.6 Å². The van der Waals surface area contributed by atoms with E-state index in [9.17, 15) is 0 Å². The fourth-order valence-corrected chi connectivity index (χ4v) is 1.73. The summed E-state index contributed by atoms with van der Waals surface area (Å²) < 4.78 is 5.59. The average Bonchev–Trinajstić information content (AvgIpc) is 2.52. The summed E-state index contributed by atoms with van der Waals surface area (Å²) in [6.45, 7) is 0.757. The summed E-state index contributed by atoms with van der Waals surface area (Å²) >= 11 is 0. The summed E-state index contributed by atoms with van der Waals surface area (Å²) in [4.78, 5) is 0. The van der Waals surface area contributed by atoms with E-state index >= 15 is 0 Å². The number of para-hydroxylation sites is 1. The highest BCUT2D eigenvalue weighted by atomic mass is 16.5. The quantitative estimate of drug-likeness (QED) is 0.664. The standard InChI is InChI=1S/C18H18O2/c19-15-17-12-10-16(11-13-17)7-3-2-6-14-20-18-8-4-1-5-9-18/h1,4-5,8-13,19H,2,6,14-15H2. The Balaban J connectivity index is 1.69. The largest absolute Gasteiger partial charge is 0.494 e. The molecule has 2 aromatic rings. The van der Waals surface area contributed by atoms with Crippen LogP contribution in [0.15, 0.2) is 54.6 Å². The normalized spacial score (nSPS) is 9.65. The minimum atomic E-state index is 0.0739. The van der Waals surface area contributed by atoms with Crippen LogP contribution in [-0.2, 0) is 6.61 Å². The Hall–Kier alpha value is -2.24. The van der Waals surface area contributed by atoms with Crippen molar-refractivity contribution in [2.75, 3.05) is 6.61 Å². The predicted molar refractivity (Wildman–Crippen MR) is 80.4 cm³/mol. The Bertz CT molecular complexity index is 562. The van der Waals surface area contributed by atoms with Crippen molar-refractivity contribution in [3.05, 3.63) is 65.7 Å². The van der Waals surface area contributed by atoms with E-state index in [1.807, 2.05) is 54.6 Å². The van der Waals surface area contributed by atoms with Gasteiger partial charge in [-0.3, -0.25) is 0 Å². The second-order valence-corrected chi connectivity index (χ2v) is 4.42. The highest BCUT2D eigenvalue weighted by Gasteiger charge is 1.91. The van der Waals surface area contributed by atoms with Crippen molar-refractivity contribution in [3.63, 3.8) is 0 Å². The maximum absolute atomic E-state index is 8.95. The van der Waals surface area contributed by atoms with Crippen molar-refractivity contribution in [2.24, 2.45) is 0 Å². The van der Waals surface area contributed by atoms with Gasteiger partial charge in [-0.25, -0.2) is 0 Å². The molecule has 0 atom stereocenters. The molecule has 2 nitrogen and oxygen atoms in total. The van der Waals surface area contributed by atoms with Crippen LogP contribution in [0.4, 0.5) is 0 Å². The molecule has 20 heavy (non-hydrogen) atoms. The van der Waals surface area contributed by atoms with Crippen LogP contribution in [0, 0.1) is 11.8 Å². The van der Waals surface area contributed by atoms with E-state index in [0.717, 1.165) is 29.7 Å². The summed E-state index contributed by atoms with van der Waals surface area (Å²) in [5, 5.41) is 8.95. The number of ether oxygens (including phenoxy) is 1. The van der Waals surface area contributed by atoms with Crippen LogP contribution in [0.25, 0.3) is 0 Å². The number of unbranched alkanes of at least 4 members (excludes halogenated alkanes) is 1. The molecule has 2 rings (SSSR count). The van der Waals surface area contributed by atoms with Crippen LogP contribution in [0.2, 0.25) is 0 Å². The first-order valence-corrected chi connectivity index (χ1v) is 6.75. The lowest BCUT2D eigenvalue weighted by Crippen LogP contribution is -1.96. The van der Waals surface area contributed by atoms with Crippen LogP contribution in [-0.4, -0.2) is 11.7 Å². The lowest BCUT2D eigenvalue weighted by molar-refractivity contribution is 0.282. The van der Waals surface area contributed by atoms with Gasteiger partial charge >= 0.3 is 0 Å². The monoisotopic (exact) mass is 266 g/mol. The summed E-state index contributed by atoms with van der Waals surface area (Å²) in [5.74, 6) is 7.14. The highest BCUT2D eigenvalue weighted by Crippen LogP contribution is 2.08. The van der Waals surface area contributed by atoms with Gasteiger partial charge < -0.3 is 9.84 Å². The molecule has 0 radical (unpaired) electrons. The Kier molecular flexibility index (Phi) is 5.70. The minimum absolute atomic E-state index is 0.0739. The first kappa shape index (κ1) is 14.2. The first-order chi connectivity index (χ1) is 9.88. The van der Waals surface area contributed by atoms with Gasteiger partial charge in [0.05, 0.1) is 13.2 Å². The lowest BCUT2D eigenvalue weighted by atomic mass is 10.1. The molecule has 0 saturated heterocycles. The molecule has 0 aliphatic carbocycles. The van der Waals surface area contributed by atoms with E-state index in [1.165, 1.54) is 0 Å². The number of rotatable bonds is 5. The van der Waals surface area contributed by atoms with Gasteiger partial charge in [0.25, 0.3) is 0 Å². The molecule has 1 N–H and O–H groups in total. The van der Waals surface area contributed by atoms with Crippen molar-refractivity contribution < 1.29 is 9.84 Å². The number of hydrogen-bond acceptors (Lipinski definition) is 2. The van der Waals surface area contributed by atoms with Crippen molar-refractivity contribution in [1.82, 2.24) is 0 Å². The minimum Gasteiger partial charge on any atom is -0.494 e. The SMILES string of the molecule is OCc1ccc(C#CCCCOc2ccccc2)cc1. The molecule has 0 bridgehead atoms. The van der Waals surface area contributed by atoms with Gasteiger partial charge in [0.15, 0.2) is 0 Å². The zero-order chi connectivity index (χ0) is 14.0. The smallest absolute Gasteiger partial charge is 0.119 e. The molecule has 0 saturated carbocycles. The van der Waals surface area contributed by atoms with Crippen LogP contribution in [0.3, 0.4) is 0 Å². The van der Waals surface area contributed by atoms with Gasteiger partial charge in [0.1, 0.15) is 5.75 Å². The molecule has 2 aromatic carbocycles. The Morgan fingerprint density at radius 1 is 0.950 bits per heavy atom. The lowest BCUT2D eigenvalue weighted by Gasteiger charge is -2.03. The number of benzene rings is 2. The maximum atomic E-state index is 8.95. The van der Waals surface area contributed by atoms with Crippen LogP contribution in [0.1, 0.15) is 24.0 Å². The summed E-state index contributed by atoms with van der Waals surface area (Å²) in [5.41, 5.74) is 1.89. The zero-order valence-electron chi connectivity index (χ0n) is 11.4. The summed E-state index contributed by atoms with van der Waals surface area (Å²) in [7, 11) is 0.